The summed E-state index contributed by atoms with van der Waals surface area (Å²) < 4.78 is 23.4. The lowest BCUT2D eigenvalue weighted by Crippen LogP contribution is -2.38. The highest BCUT2D eigenvalue weighted by atomic mass is 16.6. The van der Waals surface area contributed by atoms with E-state index in [9.17, 15) is 10.1 Å². The number of nitro benzene ring substituents is 1. The van der Waals surface area contributed by atoms with Crippen LogP contribution in [0.2, 0.25) is 0 Å². The number of hydrogen-bond acceptors (Lipinski definition) is 8. The number of methoxy groups -OCH3 is 1. The third-order valence-electron chi connectivity index (χ3n) is 6.71. The fourth-order valence-electron chi connectivity index (χ4n) is 4.57. The van der Waals surface area contributed by atoms with Crippen LogP contribution in [-0.2, 0) is 0 Å². The van der Waals surface area contributed by atoms with Crippen molar-refractivity contribution in [2.75, 3.05) is 26.7 Å². The van der Waals surface area contributed by atoms with Gasteiger partial charge in [0.15, 0.2) is 17.1 Å². The fourth-order valence-corrected chi connectivity index (χ4v) is 4.57. The second kappa shape index (κ2) is 11.5. The van der Waals surface area contributed by atoms with Gasteiger partial charge in [0.2, 0.25) is 5.89 Å². The van der Waals surface area contributed by atoms with Gasteiger partial charge in [-0.25, -0.2) is 4.98 Å². The number of nitrogens with zero attached hydrogens (tertiary/aromatic N) is 3. The van der Waals surface area contributed by atoms with Crippen molar-refractivity contribution in [1.82, 2.24) is 9.88 Å². The van der Waals surface area contributed by atoms with E-state index in [1.165, 1.54) is 44.7 Å². The van der Waals surface area contributed by atoms with Crippen molar-refractivity contribution in [1.29, 1.82) is 0 Å². The lowest BCUT2D eigenvalue weighted by Gasteiger charge is -2.32. The molecule has 0 unspecified atom stereocenters. The van der Waals surface area contributed by atoms with Crippen LogP contribution in [0.3, 0.4) is 0 Å². The number of likely N-dealkylation sites (tertiary alicyclic amines) is 1. The topological polar surface area (TPSA) is 100 Å². The average molecular weight is 518 g/mol. The molecule has 1 aliphatic rings. The Balaban J connectivity index is 1.24. The van der Waals surface area contributed by atoms with Crippen molar-refractivity contribution < 1.29 is 23.6 Å². The Morgan fingerprint density at radius 1 is 1.03 bits per heavy atom. The summed E-state index contributed by atoms with van der Waals surface area (Å²) in [5.74, 6) is 2.51. The number of piperidine rings is 1. The highest BCUT2D eigenvalue weighted by molar-refractivity contribution is 5.77. The molecule has 0 bridgehead atoms. The van der Waals surface area contributed by atoms with Gasteiger partial charge in [-0.15, -0.1) is 0 Å². The zero-order valence-corrected chi connectivity index (χ0v) is 21.6. The molecule has 0 N–H and O–H groups in total. The van der Waals surface area contributed by atoms with E-state index in [2.05, 4.69) is 16.8 Å². The summed E-state index contributed by atoms with van der Waals surface area (Å²) in [6.45, 7) is 5.56. The normalized spacial score (nSPS) is 14.5. The molecular formula is C29H31N3O6. The van der Waals surface area contributed by atoms with Crippen LogP contribution in [0.25, 0.3) is 22.6 Å². The number of non-ortho nitro benzene ring substituents is 1. The first-order valence-corrected chi connectivity index (χ1v) is 12.9. The van der Waals surface area contributed by atoms with Crippen molar-refractivity contribution in [3.8, 4) is 34.5 Å². The highest BCUT2D eigenvalue weighted by Gasteiger charge is 2.21. The van der Waals surface area contributed by atoms with Crippen LogP contribution in [0.15, 0.2) is 65.1 Å². The van der Waals surface area contributed by atoms with Crippen LogP contribution in [-0.4, -0.2) is 47.7 Å². The minimum atomic E-state index is -0.478. The summed E-state index contributed by atoms with van der Waals surface area (Å²) >= 11 is 0. The summed E-state index contributed by atoms with van der Waals surface area (Å²) in [6.07, 6.45) is 4.76. The minimum absolute atomic E-state index is 0.0677. The average Bonchev–Trinajstić information content (AvgIpc) is 3.36. The fraction of sp³-hybridized carbons (Fsp3) is 0.345. The van der Waals surface area contributed by atoms with Gasteiger partial charge in [0.05, 0.1) is 18.1 Å². The molecule has 5 rings (SSSR count). The zero-order valence-electron chi connectivity index (χ0n) is 21.6. The number of ether oxygens (including phenoxy) is 3. The summed E-state index contributed by atoms with van der Waals surface area (Å²) in [6, 6.07) is 17.3. The summed E-state index contributed by atoms with van der Waals surface area (Å²) in [7, 11) is 1.44. The molecule has 0 aliphatic carbocycles. The van der Waals surface area contributed by atoms with E-state index in [0.29, 0.717) is 23.0 Å². The maximum absolute atomic E-state index is 11.0. The predicted octanol–water partition coefficient (Wildman–Crippen LogP) is 6.85. The molecule has 4 aromatic rings. The van der Waals surface area contributed by atoms with E-state index in [-0.39, 0.29) is 17.5 Å². The largest absolute Gasteiger partial charge is 0.493 e. The molecule has 0 spiro atoms. The van der Waals surface area contributed by atoms with E-state index in [0.717, 1.165) is 42.8 Å². The van der Waals surface area contributed by atoms with Crippen LogP contribution in [0, 0.1) is 10.1 Å². The van der Waals surface area contributed by atoms with Crippen molar-refractivity contribution in [3.05, 3.63) is 70.8 Å². The molecule has 0 saturated carbocycles. The van der Waals surface area contributed by atoms with Gasteiger partial charge in [0.25, 0.3) is 5.69 Å². The molecule has 2 heterocycles. The smallest absolute Gasteiger partial charge is 0.273 e. The molecule has 1 saturated heterocycles. The first-order valence-electron chi connectivity index (χ1n) is 12.9. The van der Waals surface area contributed by atoms with Gasteiger partial charge in [-0.3, -0.25) is 10.1 Å². The zero-order chi connectivity index (χ0) is 26.5. The monoisotopic (exact) mass is 517 g/mol. The Kier molecular flexibility index (Phi) is 7.74. The van der Waals surface area contributed by atoms with Gasteiger partial charge in [0.1, 0.15) is 23.1 Å². The number of rotatable bonds is 10. The van der Waals surface area contributed by atoms with Gasteiger partial charge in [-0.2, -0.15) is 0 Å². The number of aromatic nitrogens is 1. The van der Waals surface area contributed by atoms with Crippen molar-refractivity contribution >= 4 is 16.8 Å². The van der Waals surface area contributed by atoms with Gasteiger partial charge in [-0.05, 0) is 68.3 Å². The van der Waals surface area contributed by atoms with E-state index < -0.39 is 4.92 Å². The third-order valence-corrected chi connectivity index (χ3v) is 6.71. The molecule has 0 radical (unpaired) electrons. The first kappa shape index (κ1) is 25.5. The van der Waals surface area contributed by atoms with Crippen LogP contribution in [0.5, 0.6) is 23.0 Å². The quantitative estimate of drug-likeness (QED) is 0.166. The van der Waals surface area contributed by atoms with E-state index in [1.807, 2.05) is 30.3 Å². The number of unbranched alkanes of at least 4 members (excludes halogenated alkanes) is 1. The number of oxazole rings is 1. The van der Waals surface area contributed by atoms with Crippen LogP contribution in [0.1, 0.15) is 32.6 Å². The van der Waals surface area contributed by atoms with Crippen molar-refractivity contribution in [3.63, 3.8) is 0 Å². The molecule has 1 aliphatic heterocycles. The molecule has 0 atom stereocenters. The first-order chi connectivity index (χ1) is 18.5. The third kappa shape index (κ3) is 5.89. The molecular weight excluding hydrogens is 486 g/mol. The number of nitro groups is 1. The Morgan fingerprint density at radius 3 is 2.50 bits per heavy atom. The van der Waals surface area contributed by atoms with Crippen molar-refractivity contribution in [2.24, 2.45) is 0 Å². The van der Waals surface area contributed by atoms with Gasteiger partial charge >= 0.3 is 0 Å². The van der Waals surface area contributed by atoms with Crippen LogP contribution < -0.4 is 14.2 Å². The maximum atomic E-state index is 11.0. The second-order valence-corrected chi connectivity index (χ2v) is 9.38. The molecule has 38 heavy (non-hydrogen) atoms. The Hall–Kier alpha value is -4.11. The summed E-state index contributed by atoms with van der Waals surface area (Å²) in [5.41, 5.74) is 2.17. The number of benzene rings is 3. The second-order valence-electron chi connectivity index (χ2n) is 9.38. The number of hydrogen-bond donors (Lipinski definition) is 0. The lowest BCUT2D eigenvalue weighted by atomic mass is 10.1. The van der Waals surface area contributed by atoms with Crippen molar-refractivity contribution in [2.45, 2.75) is 38.7 Å². The Morgan fingerprint density at radius 2 is 1.79 bits per heavy atom. The highest BCUT2D eigenvalue weighted by Crippen LogP contribution is 2.35. The lowest BCUT2D eigenvalue weighted by molar-refractivity contribution is -0.384. The molecule has 0 amide bonds. The Labute approximate surface area is 221 Å². The summed E-state index contributed by atoms with van der Waals surface area (Å²) in [4.78, 5) is 17.7. The minimum Gasteiger partial charge on any atom is -0.493 e. The molecule has 3 aromatic carbocycles. The van der Waals surface area contributed by atoms with Crippen LogP contribution >= 0.6 is 0 Å². The van der Waals surface area contributed by atoms with E-state index >= 15 is 0 Å². The SMILES string of the molecule is CCCCN1CCC(Oc2ccc3nc(-c4ccc(Oc5ccc([N+](=O)[O-])cc5OC)cc4)oc3c2)CC1. The Bertz CT molecular complexity index is 1390. The molecule has 1 fully saturated rings. The van der Waals surface area contributed by atoms with Crippen LogP contribution in [0.4, 0.5) is 5.69 Å². The van der Waals surface area contributed by atoms with Gasteiger partial charge in [-0.1, -0.05) is 13.3 Å². The molecule has 9 nitrogen and oxygen atoms in total. The van der Waals surface area contributed by atoms with E-state index in [4.69, 9.17) is 18.6 Å². The maximum Gasteiger partial charge on any atom is 0.273 e. The molecule has 198 valence electrons. The van der Waals surface area contributed by atoms with Gasteiger partial charge < -0.3 is 23.5 Å². The van der Waals surface area contributed by atoms with Gasteiger partial charge in [0, 0.05) is 30.8 Å². The molecule has 1 aromatic heterocycles. The predicted molar refractivity (Wildman–Crippen MR) is 144 cm³/mol. The summed E-state index contributed by atoms with van der Waals surface area (Å²) in [5, 5.41) is 11.0. The van der Waals surface area contributed by atoms with E-state index in [1.54, 1.807) is 12.1 Å². The standard InChI is InChI=1S/C29H31N3O6/c1-3-4-15-31-16-13-23(14-17-31)36-24-10-11-25-27(19-24)38-29(30-25)20-5-8-22(9-6-20)37-26-12-7-21(32(33)34)18-28(26)35-2/h5-12,18-19,23H,3-4,13-17H2,1-2H3. The number of fused-ring (bicyclic) bond motifs is 1. The molecule has 9 heteroatoms.